The van der Waals surface area contributed by atoms with Gasteiger partial charge in [0.25, 0.3) is 0 Å². The normalized spacial score (nSPS) is 43.3. The highest BCUT2D eigenvalue weighted by Gasteiger charge is 2.73. The van der Waals surface area contributed by atoms with Gasteiger partial charge in [0.15, 0.2) is 11.5 Å². The number of hydrogen-bond donors (Lipinski definition) is 3. The van der Waals surface area contributed by atoms with Crippen LogP contribution in [0.3, 0.4) is 0 Å². The van der Waals surface area contributed by atoms with Crippen molar-refractivity contribution in [2.45, 2.75) is 51.1 Å². The number of carboxylic acids is 1. The van der Waals surface area contributed by atoms with Crippen LogP contribution in [0.15, 0.2) is 48.1 Å². The zero-order valence-electron chi connectivity index (χ0n) is 20.1. The van der Waals surface area contributed by atoms with E-state index in [1.54, 1.807) is 31.2 Å². The van der Waals surface area contributed by atoms with Gasteiger partial charge in [-0.1, -0.05) is 24.6 Å². The molecular weight excluding hydrogens is 492 g/mol. The lowest BCUT2D eigenvalue weighted by Gasteiger charge is -2.62. The first kappa shape index (κ1) is 25.4. The number of aliphatic hydroxyl groups is 1. The average Bonchev–Trinajstić information content (AvgIpc) is 3.09. The van der Waals surface area contributed by atoms with E-state index in [2.05, 4.69) is 0 Å². The molecule has 36 heavy (non-hydrogen) atoms. The number of rotatable bonds is 4. The second kappa shape index (κ2) is 8.36. The van der Waals surface area contributed by atoms with Gasteiger partial charge in [0.2, 0.25) is 0 Å². The molecule has 0 amide bonds. The molecule has 9 atom stereocenters. The molecule has 0 bridgehead atoms. The van der Waals surface area contributed by atoms with Gasteiger partial charge >= 0.3 is 5.97 Å². The number of anilines is 1. The Morgan fingerprint density at radius 1 is 1.19 bits per heavy atom. The molecule has 0 aromatic heterocycles. The van der Waals surface area contributed by atoms with Crippen molar-refractivity contribution in [2.24, 2.45) is 34.5 Å². The van der Waals surface area contributed by atoms with Gasteiger partial charge in [-0.05, 0) is 85.4 Å². The van der Waals surface area contributed by atoms with Gasteiger partial charge in [0.05, 0.1) is 17.7 Å². The molecule has 0 spiro atoms. The van der Waals surface area contributed by atoms with Crippen LogP contribution in [0.5, 0.6) is 0 Å². The molecule has 4 aliphatic rings. The highest BCUT2D eigenvalue weighted by Crippen LogP contribution is 2.70. The van der Waals surface area contributed by atoms with Crippen molar-refractivity contribution in [1.82, 2.24) is 0 Å². The number of benzene rings is 1. The summed E-state index contributed by atoms with van der Waals surface area (Å²) >= 11 is 5.93. The van der Waals surface area contributed by atoms with Crippen LogP contribution >= 0.6 is 11.6 Å². The maximum Gasteiger partial charge on any atom is 0.307 e. The number of hydrogen-bond acceptors (Lipinski definition) is 5. The number of aliphatic hydroxyl groups excluding tert-OH is 1. The Labute approximate surface area is 213 Å². The lowest BCUT2D eigenvalue weighted by molar-refractivity contribution is -0.204. The van der Waals surface area contributed by atoms with Gasteiger partial charge in [-0.25, -0.2) is 8.78 Å². The molecule has 0 heterocycles. The van der Waals surface area contributed by atoms with Crippen molar-refractivity contribution < 1.29 is 33.8 Å². The largest absolute Gasteiger partial charge is 0.481 e. The van der Waals surface area contributed by atoms with E-state index in [4.69, 9.17) is 11.6 Å². The average molecular weight is 522 g/mol. The number of carbonyl (C=O) groups is 2. The number of halogens is 3. The molecule has 0 saturated heterocycles. The molecule has 6 nitrogen and oxygen atoms in total. The van der Waals surface area contributed by atoms with Gasteiger partial charge in [-0.15, -0.1) is 0 Å². The van der Waals surface area contributed by atoms with Gasteiger partial charge in [-0.3, -0.25) is 19.9 Å². The minimum Gasteiger partial charge on any atom is -0.481 e. The van der Waals surface area contributed by atoms with E-state index in [0.717, 1.165) is 11.1 Å². The smallest absolute Gasteiger partial charge is 0.307 e. The SMILES string of the molecule is CC12CC(O)C3(F)C(CC(F)C4=CC(=O)C=CC43C)C1CC(CN(O)c1ccc(Cl)cc1)C2C(=O)O. The number of allylic oxidation sites excluding steroid dienone is 4. The maximum atomic E-state index is 17.2. The summed E-state index contributed by atoms with van der Waals surface area (Å²) in [4.78, 5) is 24.5. The molecule has 3 saturated carbocycles. The number of alkyl halides is 2. The number of carbonyl (C=O) groups excluding carboxylic acids is 1. The van der Waals surface area contributed by atoms with Crippen molar-refractivity contribution in [2.75, 3.05) is 11.6 Å². The third-order valence-corrected chi connectivity index (χ3v) is 9.85. The Hall–Kier alpha value is -2.29. The summed E-state index contributed by atoms with van der Waals surface area (Å²) in [6, 6.07) is 6.43. The molecule has 4 aliphatic carbocycles. The summed E-state index contributed by atoms with van der Waals surface area (Å²) in [7, 11) is 0. The van der Waals surface area contributed by atoms with Gasteiger partial charge in [0.1, 0.15) is 6.17 Å². The van der Waals surface area contributed by atoms with Crippen LogP contribution in [0, 0.1) is 34.5 Å². The minimum atomic E-state index is -2.27. The zero-order valence-corrected chi connectivity index (χ0v) is 20.8. The van der Waals surface area contributed by atoms with E-state index in [9.17, 15) is 25.0 Å². The highest BCUT2D eigenvalue weighted by molar-refractivity contribution is 6.30. The lowest BCUT2D eigenvalue weighted by atomic mass is 9.45. The Morgan fingerprint density at radius 2 is 1.86 bits per heavy atom. The molecule has 1 aromatic carbocycles. The number of aliphatic carboxylic acids is 1. The lowest BCUT2D eigenvalue weighted by Crippen LogP contribution is -2.68. The fourth-order valence-electron chi connectivity index (χ4n) is 7.99. The molecule has 0 radical (unpaired) electrons. The number of fused-ring (bicyclic) bond motifs is 5. The monoisotopic (exact) mass is 521 g/mol. The Balaban J connectivity index is 1.53. The summed E-state index contributed by atoms with van der Waals surface area (Å²) in [5.74, 6) is -4.56. The topological polar surface area (TPSA) is 98.1 Å². The third-order valence-electron chi connectivity index (χ3n) is 9.60. The van der Waals surface area contributed by atoms with Crippen LogP contribution < -0.4 is 5.06 Å². The number of hydroxylamine groups is 1. The van der Waals surface area contributed by atoms with E-state index >= 15 is 8.78 Å². The Kier molecular flexibility index (Phi) is 5.89. The van der Waals surface area contributed by atoms with E-state index in [0.29, 0.717) is 10.7 Å². The predicted molar refractivity (Wildman–Crippen MR) is 129 cm³/mol. The molecule has 194 valence electrons. The second-order valence-corrected chi connectivity index (χ2v) is 11.8. The molecule has 1 aromatic rings. The molecule has 3 fully saturated rings. The van der Waals surface area contributed by atoms with Crippen LogP contribution in [0.25, 0.3) is 0 Å². The summed E-state index contributed by atoms with van der Waals surface area (Å²) in [6.45, 7) is 3.23. The fraction of sp³-hybridized carbons (Fsp3) is 0.556. The van der Waals surface area contributed by atoms with Crippen LogP contribution in [0.2, 0.25) is 5.02 Å². The third kappa shape index (κ3) is 3.41. The van der Waals surface area contributed by atoms with Gasteiger partial charge in [-0.2, -0.15) is 0 Å². The maximum absolute atomic E-state index is 17.2. The molecule has 5 rings (SSSR count). The molecule has 3 N–H and O–H groups in total. The van der Waals surface area contributed by atoms with Crippen molar-refractivity contribution in [3.63, 3.8) is 0 Å². The molecule has 9 unspecified atom stereocenters. The summed E-state index contributed by atoms with van der Waals surface area (Å²) < 4.78 is 32.7. The van der Waals surface area contributed by atoms with E-state index in [1.165, 1.54) is 19.1 Å². The number of nitrogens with zero attached hydrogens (tertiary/aromatic N) is 1. The first-order chi connectivity index (χ1) is 16.8. The van der Waals surface area contributed by atoms with Crippen molar-refractivity contribution in [1.29, 1.82) is 0 Å². The van der Waals surface area contributed by atoms with E-state index in [-0.39, 0.29) is 31.4 Å². The Bertz CT molecular complexity index is 1160. The summed E-state index contributed by atoms with van der Waals surface area (Å²) in [5.41, 5.74) is -4.33. The van der Waals surface area contributed by atoms with Crippen LogP contribution in [-0.4, -0.2) is 51.7 Å². The standard InChI is InChI=1S/C27H30ClF2NO5/c1-25-12-22(33)27(30)19(11-21(29)20-10-17(32)7-8-26(20,27)2)18(25)9-14(23(25)24(34)35)13-31(36)16-5-3-15(28)4-6-16/h3-8,10,14,18-19,21-23,33,36H,9,11-13H2,1-2H3,(H,34,35). The first-order valence-corrected chi connectivity index (χ1v) is 12.6. The van der Waals surface area contributed by atoms with Gasteiger partial charge < -0.3 is 10.2 Å². The highest BCUT2D eigenvalue weighted by atomic mass is 35.5. The summed E-state index contributed by atoms with van der Waals surface area (Å²) in [6.07, 6.45) is 0.478. The Morgan fingerprint density at radius 3 is 2.50 bits per heavy atom. The number of carboxylic acid groups (broad SMARTS) is 1. The van der Waals surface area contributed by atoms with Crippen molar-refractivity contribution in [3.05, 3.63) is 53.1 Å². The van der Waals surface area contributed by atoms with Crippen LogP contribution in [-0.2, 0) is 9.59 Å². The van der Waals surface area contributed by atoms with Crippen molar-refractivity contribution >= 4 is 29.0 Å². The zero-order chi connectivity index (χ0) is 26.2. The van der Waals surface area contributed by atoms with E-state index < -0.39 is 64.2 Å². The predicted octanol–water partition coefficient (Wildman–Crippen LogP) is 4.78. The minimum absolute atomic E-state index is 0.0251. The fourth-order valence-corrected chi connectivity index (χ4v) is 8.12. The molecule has 0 aliphatic heterocycles. The van der Waals surface area contributed by atoms with E-state index in [1.807, 2.05) is 0 Å². The summed E-state index contributed by atoms with van der Waals surface area (Å²) in [5, 5.41) is 33.7. The molecular formula is C27H30ClF2NO5. The van der Waals surface area contributed by atoms with Gasteiger partial charge in [0, 0.05) is 22.9 Å². The first-order valence-electron chi connectivity index (χ1n) is 12.2. The molecule has 9 heteroatoms. The van der Waals surface area contributed by atoms with Crippen LogP contribution in [0.4, 0.5) is 14.5 Å². The quantitative estimate of drug-likeness (QED) is 0.493. The van der Waals surface area contributed by atoms with Crippen LogP contribution in [0.1, 0.15) is 33.1 Å². The number of ketones is 1. The van der Waals surface area contributed by atoms with Crippen molar-refractivity contribution in [3.8, 4) is 0 Å². The second-order valence-electron chi connectivity index (χ2n) is 11.3.